The summed E-state index contributed by atoms with van der Waals surface area (Å²) in [4.78, 5) is 19.2. The van der Waals surface area contributed by atoms with Crippen LogP contribution in [0.15, 0.2) is 23.0 Å². The maximum absolute atomic E-state index is 11.9. The van der Waals surface area contributed by atoms with Crippen LogP contribution >= 0.6 is 35.0 Å². The monoisotopic (exact) mass is 298 g/mol. The Balaban J connectivity index is 2.25. The highest BCUT2D eigenvalue weighted by atomic mass is 35.5. The molecule has 1 aliphatic heterocycles. The van der Waals surface area contributed by atoms with Crippen LogP contribution in [0.5, 0.6) is 0 Å². The number of fused-ring (bicyclic) bond motifs is 1. The Kier molecular flexibility index (Phi) is 3.09. The van der Waals surface area contributed by atoms with Gasteiger partial charge < -0.3 is 4.98 Å². The summed E-state index contributed by atoms with van der Waals surface area (Å²) in [6.07, 6.45) is 0. The molecule has 6 heteroatoms. The molecular weight excluding hydrogens is 291 g/mol. The Labute approximate surface area is 118 Å². The van der Waals surface area contributed by atoms with Crippen molar-refractivity contribution in [2.45, 2.75) is 11.5 Å². The molecule has 0 saturated heterocycles. The van der Waals surface area contributed by atoms with E-state index in [1.807, 2.05) is 0 Å². The standard InChI is InChI=1S/C12H8Cl2N2OS/c13-7-2-1-3-8(14)10(7)11-15-9-5-18-4-6(9)12(17)16-11/h1-3H,4-5H2,(H,15,16,17). The number of aromatic amines is 1. The summed E-state index contributed by atoms with van der Waals surface area (Å²) in [7, 11) is 0. The van der Waals surface area contributed by atoms with Crippen LogP contribution in [0.2, 0.25) is 10.0 Å². The molecule has 0 atom stereocenters. The van der Waals surface area contributed by atoms with Crippen LogP contribution in [0.3, 0.4) is 0 Å². The second kappa shape index (κ2) is 4.61. The Morgan fingerprint density at radius 3 is 2.67 bits per heavy atom. The number of hydrogen-bond donors (Lipinski definition) is 1. The molecule has 0 saturated carbocycles. The maximum atomic E-state index is 11.9. The van der Waals surface area contributed by atoms with E-state index in [4.69, 9.17) is 23.2 Å². The van der Waals surface area contributed by atoms with Gasteiger partial charge in [-0.25, -0.2) is 4.98 Å². The summed E-state index contributed by atoms with van der Waals surface area (Å²) < 4.78 is 0. The first-order chi connectivity index (χ1) is 8.66. The molecule has 0 spiro atoms. The number of aromatic nitrogens is 2. The molecule has 0 unspecified atom stereocenters. The molecule has 1 N–H and O–H groups in total. The van der Waals surface area contributed by atoms with Gasteiger partial charge in [-0.1, -0.05) is 29.3 Å². The quantitative estimate of drug-likeness (QED) is 0.876. The number of rotatable bonds is 1. The number of halogens is 2. The molecule has 18 heavy (non-hydrogen) atoms. The predicted molar refractivity (Wildman–Crippen MR) is 75.3 cm³/mol. The van der Waals surface area contributed by atoms with Crippen molar-refractivity contribution in [1.82, 2.24) is 9.97 Å². The molecule has 1 aliphatic rings. The van der Waals surface area contributed by atoms with Crippen LogP contribution in [0.4, 0.5) is 0 Å². The lowest BCUT2D eigenvalue weighted by Gasteiger charge is -2.07. The summed E-state index contributed by atoms with van der Waals surface area (Å²) >= 11 is 13.9. The van der Waals surface area contributed by atoms with E-state index >= 15 is 0 Å². The zero-order valence-electron chi connectivity index (χ0n) is 9.17. The minimum absolute atomic E-state index is 0.101. The van der Waals surface area contributed by atoms with Crippen LogP contribution in [0.1, 0.15) is 11.3 Å². The van der Waals surface area contributed by atoms with E-state index in [1.165, 1.54) is 0 Å². The molecule has 1 aromatic carbocycles. The highest BCUT2D eigenvalue weighted by molar-refractivity contribution is 7.98. The molecule has 0 fully saturated rings. The number of H-pyrrole nitrogens is 1. The van der Waals surface area contributed by atoms with Gasteiger partial charge in [0.2, 0.25) is 0 Å². The predicted octanol–water partition coefficient (Wildman–Crippen LogP) is 3.49. The van der Waals surface area contributed by atoms with E-state index in [9.17, 15) is 4.79 Å². The Morgan fingerprint density at radius 1 is 1.22 bits per heavy atom. The molecule has 0 bridgehead atoms. The van der Waals surface area contributed by atoms with Gasteiger partial charge in [0.1, 0.15) is 5.82 Å². The molecule has 3 rings (SSSR count). The number of nitrogens with zero attached hydrogens (tertiary/aromatic N) is 1. The second-order valence-corrected chi connectivity index (χ2v) is 5.73. The van der Waals surface area contributed by atoms with Crippen molar-refractivity contribution >= 4 is 35.0 Å². The van der Waals surface area contributed by atoms with E-state index in [1.54, 1.807) is 30.0 Å². The summed E-state index contributed by atoms with van der Waals surface area (Å²) in [6, 6.07) is 5.21. The summed E-state index contributed by atoms with van der Waals surface area (Å²) in [6.45, 7) is 0. The molecule has 0 radical (unpaired) electrons. The first-order valence-electron chi connectivity index (χ1n) is 5.31. The SMILES string of the molecule is O=c1[nH]c(-c2c(Cl)cccc2Cl)nc2c1CSC2. The van der Waals surface area contributed by atoms with Gasteiger partial charge in [0.05, 0.1) is 21.3 Å². The molecule has 3 nitrogen and oxygen atoms in total. The zero-order chi connectivity index (χ0) is 12.7. The average molecular weight is 299 g/mol. The smallest absolute Gasteiger partial charge is 0.255 e. The van der Waals surface area contributed by atoms with Crippen molar-refractivity contribution in [2.24, 2.45) is 0 Å². The van der Waals surface area contributed by atoms with Gasteiger partial charge in [-0.3, -0.25) is 4.79 Å². The molecule has 92 valence electrons. The highest BCUT2D eigenvalue weighted by Crippen LogP contribution is 2.33. The molecular formula is C12H8Cl2N2OS. The van der Waals surface area contributed by atoms with Gasteiger partial charge in [-0.2, -0.15) is 11.8 Å². The van der Waals surface area contributed by atoms with Crippen LogP contribution in [-0.2, 0) is 11.5 Å². The van der Waals surface area contributed by atoms with Gasteiger partial charge in [0.25, 0.3) is 5.56 Å². The number of hydrogen-bond acceptors (Lipinski definition) is 3. The van der Waals surface area contributed by atoms with Crippen LogP contribution in [0, 0.1) is 0 Å². The van der Waals surface area contributed by atoms with Gasteiger partial charge in [0.15, 0.2) is 0 Å². The molecule has 2 aromatic rings. The Bertz CT molecular complexity index is 664. The summed E-state index contributed by atoms with van der Waals surface area (Å²) in [5, 5.41) is 0.965. The van der Waals surface area contributed by atoms with E-state index in [0.29, 0.717) is 27.2 Å². The summed E-state index contributed by atoms with van der Waals surface area (Å²) in [5.41, 5.74) is 2.07. The lowest BCUT2D eigenvalue weighted by atomic mass is 10.2. The van der Waals surface area contributed by atoms with Crippen molar-refractivity contribution < 1.29 is 0 Å². The minimum atomic E-state index is -0.101. The minimum Gasteiger partial charge on any atom is -0.306 e. The van der Waals surface area contributed by atoms with Crippen LogP contribution < -0.4 is 5.56 Å². The molecule has 0 amide bonds. The fourth-order valence-corrected chi connectivity index (χ4v) is 3.52. The van der Waals surface area contributed by atoms with Crippen molar-refractivity contribution in [2.75, 3.05) is 0 Å². The lowest BCUT2D eigenvalue weighted by Crippen LogP contribution is -2.15. The van der Waals surface area contributed by atoms with E-state index in [2.05, 4.69) is 9.97 Å². The fourth-order valence-electron chi connectivity index (χ4n) is 1.90. The van der Waals surface area contributed by atoms with Crippen LogP contribution in [-0.4, -0.2) is 9.97 Å². The number of thioether (sulfide) groups is 1. The number of nitrogens with one attached hydrogen (secondary N) is 1. The third-order valence-corrected chi connectivity index (χ3v) is 4.39. The zero-order valence-corrected chi connectivity index (χ0v) is 11.5. The molecule has 2 heterocycles. The molecule has 0 aliphatic carbocycles. The normalized spacial score (nSPS) is 13.7. The van der Waals surface area contributed by atoms with Gasteiger partial charge in [-0.05, 0) is 12.1 Å². The highest BCUT2D eigenvalue weighted by Gasteiger charge is 2.19. The van der Waals surface area contributed by atoms with Crippen molar-refractivity contribution in [3.63, 3.8) is 0 Å². The largest absolute Gasteiger partial charge is 0.306 e. The second-order valence-electron chi connectivity index (χ2n) is 3.93. The van der Waals surface area contributed by atoms with Gasteiger partial charge in [-0.15, -0.1) is 0 Å². The maximum Gasteiger partial charge on any atom is 0.255 e. The third kappa shape index (κ3) is 1.94. The summed E-state index contributed by atoms with van der Waals surface area (Å²) in [5.74, 6) is 1.92. The Morgan fingerprint density at radius 2 is 1.94 bits per heavy atom. The van der Waals surface area contributed by atoms with Crippen molar-refractivity contribution in [1.29, 1.82) is 0 Å². The molecule has 1 aromatic heterocycles. The van der Waals surface area contributed by atoms with E-state index in [-0.39, 0.29) is 5.56 Å². The third-order valence-electron chi connectivity index (χ3n) is 2.79. The van der Waals surface area contributed by atoms with E-state index in [0.717, 1.165) is 17.0 Å². The fraction of sp³-hybridized carbons (Fsp3) is 0.167. The first kappa shape index (κ1) is 12.1. The topological polar surface area (TPSA) is 45.8 Å². The first-order valence-corrected chi connectivity index (χ1v) is 7.22. The van der Waals surface area contributed by atoms with Gasteiger partial charge in [0, 0.05) is 17.1 Å². The van der Waals surface area contributed by atoms with Crippen LogP contribution in [0.25, 0.3) is 11.4 Å². The number of benzene rings is 1. The van der Waals surface area contributed by atoms with Crippen molar-refractivity contribution in [3.8, 4) is 11.4 Å². The lowest BCUT2D eigenvalue weighted by molar-refractivity contribution is 1.03. The van der Waals surface area contributed by atoms with Crippen molar-refractivity contribution in [3.05, 3.63) is 49.9 Å². The average Bonchev–Trinajstić information content (AvgIpc) is 2.77. The Hall–Kier alpha value is -0.970. The van der Waals surface area contributed by atoms with E-state index < -0.39 is 0 Å². The van der Waals surface area contributed by atoms with Gasteiger partial charge >= 0.3 is 0 Å².